The molecule has 1 heterocycles. The number of halogens is 2. The molecule has 1 amide bonds. The number of nitrogens with zero attached hydrogens (tertiary/aromatic N) is 1. The fourth-order valence-corrected chi connectivity index (χ4v) is 4.56. The summed E-state index contributed by atoms with van der Waals surface area (Å²) in [5, 5.41) is 2.48. The van der Waals surface area contributed by atoms with Gasteiger partial charge in [0.25, 0.3) is 5.91 Å². The van der Waals surface area contributed by atoms with Gasteiger partial charge in [0, 0.05) is 18.8 Å². The summed E-state index contributed by atoms with van der Waals surface area (Å²) >= 11 is 0. The Morgan fingerprint density at radius 3 is 2.39 bits per heavy atom. The summed E-state index contributed by atoms with van der Waals surface area (Å²) in [6.07, 6.45) is 1.62. The third-order valence-electron chi connectivity index (χ3n) is 4.47. The molecule has 0 aromatic heterocycles. The molecule has 1 fully saturated rings. The lowest BCUT2D eigenvalue weighted by Crippen LogP contribution is -2.28. The molecule has 0 radical (unpaired) electrons. The lowest BCUT2D eigenvalue weighted by Gasteiger charge is -2.16. The van der Waals surface area contributed by atoms with Gasteiger partial charge in [-0.1, -0.05) is 6.07 Å². The molecule has 8 nitrogen and oxygen atoms in total. The Kier molecular flexibility index (Phi) is 7.18. The Labute approximate surface area is 177 Å². The van der Waals surface area contributed by atoms with Crippen molar-refractivity contribution in [3.63, 3.8) is 0 Å². The van der Waals surface area contributed by atoms with Crippen LogP contribution in [0.1, 0.15) is 23.2 Å². The quantitative estimate of drug-likeness (QED) is 0.616. The van der Waals surface area contributed by atoms with E-state index in [0.717, 1.165) is 12.8 Å². The van der Waals surface area contributed by atoms with Crippen molar-refractivity contribution < 1.29 is 36.3 Å². The second-order valence-corrected chi connectivity index (χ2v) is 8.60. The number of hydrogen-bond acceptors (Lipinski definition) is 6. The summed E-state index contributed by atoms with van der Waals surface area (Å²) in [4.78, 5) is 24.1. The Hall–Kier alpha value is -3.05. The molecule has 0 unspecified atom stereocenters. The van der Waals surface area contributed by atoms with Crippen LogP contribution in [0.4, 0.5) is 14.5 Å². The van der Waals surface area contributed by atoms with Gasteiger partial charge in [-0.25, -0.2) is 13.2 Å². The number of carbonyl (C=O) groups is 2. The van der Waals surface area contributed by atoms with E-state index >= 15 is 0 Å². The first-order valence-electron chi connectivity index (χ1n) is 9.38. The third-order valence-corrected chi connectivity index (χ3v) is 6.36. The molecule has 0 spiro atoms. The number of esters is 1. The summed E-state index contributed by atoms with van der Waals surface area (Å²) in [7, 11) is -3.63. The van der Waals surface area contributed by atoms with Crippen molar-refractivity contribution in [3.8, 4) is 5.75 Å². The molecule has 166 valence electrons. The Morgan fingerprint density at radius 1 is 1.06 bits per heavy atom. The molecule has 3 rings (SSSR count). The monoisotopic (exact) mass is 454 g/mol. The summed E-state index contributed by atoms with van der Waals surface area (Å²) < 4.78 is 60.0. The lowest BCUT2D eigenvalue weighted by molar-refractivity contribution is -0.119. The minimum Gasteiger partial charge on any atom is -0.452 e. The van der Waals surface area contributed by atoms with Gasteiger partial charge in [0.2, 0.25) is 10.0 Å². The van der Waals surface area contributed by atoms with Crippen molar-refractivity contribution in [3.05, 3.63) is 54.1 Å². The fraction of sp³-hybridized carbons (Fsp3) is 0.300. The topological polar surface area (TPSA) is 102 Å². The standard InChI is InChI=1S/C20H20F2N2O6S/c21-20(22)30-16-8-6-14(7-9-16)19(26)29-13-18(25)23-15-4-3-5-17(12-15)31(27,28)24-10-1-2-11-24/h3-9,12,20H,1-2,10-11,13H2,(H,23,25). The summed E-state index contributed by atoms with van der Waals surface area (Å²) in [5.41, 5.74) is 0.294. The highest BCUT2D eigenvalue weighted by molar-refractivity contribution is 7.89. The molecule has 1 aliphatic rings. The van der Waals surface area contributed by atoms with Crippen molar-refractivity contribution in [2.75, 3.05) is 25.0 Å². The minimum absolute atomic E-state index is 0.0492. The second-order valence-electron chi connectivity index (χ2n) is 6.67. The molecule has 2 aromatic rings. The van der Waals surface area contributed by atoms with Gasteiger partial charge < -0.3 is 14.8 Å². The Bertz CT molecular complexity index is 1040. The number of alkyl halides is 2. The van der Waals surface area contributed by atoms with Crippen molar-refractivity contribution in [1.82, 2.24) is 4.31 Å². The zero-order valence-electron chi connectivity index (χ0n) is 16.3. The van der Waals surface area contributed by atoms with Crippen LogP contribution in [0, 0.1) is 0 Å². The fourth-order valence-electron chi connectivity index (χ4n) is 3.00. The van der Waals surface area contributed by atoms with E-state index in [1.54, 1.807) is 0 Å². The van der Waals surface area contributed by atoms with Crippen molar-refractivity contribution in [2.24, 2.45) is 0 Å². The molecule has 0 bridgehead atoms. The van der Waals surface area contributed by atoms with E-state index in [2.05, 4.69) is 10.1 Å². The van der Waals surface area contributed by atoms with E-state index in [4.69, 9.17) is 4.74 Å². The van der Waals surface area contributed by atoms with Crippen LogP contribution in [0.15, 0.2) is 53.4 Å². The van der Waals surface area contributed by atoms with Gasteiger partial charge in [0.1, 0.15) is 5.75 Å². The maximum absolute atomic E-state index is 12.6. The van der Waals surface area contributed by atoms with Gasteiger partial charge in [0.05, 0.1) is 10.5 Å². The molecule has 31 heavy (non-hydrogen) atoms. The number of carbonyl (C=O) groups excluding carboxylic acids is 2. The van der Waals surface area contributed by atoms with Crippen LogP contribution < -0.4 is 10.1 Å². The molecule has 0 aliphatic carbocycles. The van der Waals surface area contributed by atoms with Gasteiger partial charge in [-0.3, -0.25) is 4.79 Å². The van der Waals surface area contributed by atoms with Crippen LogP contribution in [-0.4, -0.2) is 50.9 Å². The molecule has 1 saturated heterocycles. The average Bonchev–Trinajstić information content (AvgIpc) is 3.28. The molecule has 1 aliphatic heterocycles. The van der Waals surface area contributed by atoms with Crippen molar-refractivity contribution in [2.45, 2.75) is 24.3 Å². The number of anilines is 1. The predicted molar refractivity (Wildman–Crippen MR) is 106 cm³/mol. The molecular weight excluding hydrogens is 434 g/mol. The SMILES string of the molecule is O=C(COC(=O)c1ccc(OC(F)F)cc1)Nc1cccc(S(=O)(=O)N2CCCC2)c1. The summed E-state index contributed by atoms with van der Waals surface area (Å²) in [6, 6.07) is 10.6. The van der Waals surface area contributed by atoms with E-state index in [1.807, 2.05) is 0 Å². The number of nitrogens with one attached hydrogen (secondary N) is 1. The van der Waals surface area contributed by atoms with Crippen LogP contribution in [-0.2, 0) is 19.6 Å². The largest absolute Gasteiger partial charge is 0.452 e. The van der Waals surface area contributed by atoms with E-state index in [-0.39, 0.29) is 21.9 Å². The van der Waals surface area contributed by atoms with Crippen LogP contribution >= 0.6 is 0 Å². The Morgan fingerprint density at radius 2 is 1.74 bits per heavy atom. The first kappa shape index (κ1) is 22.6. The normalized spacial score (nSPS) is 14.4. The second kappa shape index (κ2) is 9.84. The molecule has 11 heteroatoms. The molecule has 2 aromatic carbocycles. The van der Waals surface area contributed by atoms with E-state index in [1.165, 1.54) is 52.8 Å². The van der Waals surface area contributed by atoms with Gasteiger partial charge in [-0.05, 0) is 55.3 Å². The first-order chi connectivity index (χ1) is 14.8. The molecular formula is C20H20F2N2O6S. The maximum Gasteiger partial charge on any atom is 0.387 e. The first-order valence-corrected chi connectivity index (χ1v) is 10.8. The number of amides is 1. The number of hydrogen-bond donors (Lipinski definition) is 1. The Balaban J connectivity index is 1.55. The molecule has 0 atom stereocenters. The van der Waals surface area contributed by atoms with Crippen molar-refractivity contribution in [1.29, 1.82) is 0 Å². The van der Waals surface area contributed by atoms with Gasteiger partial charge in [0.15, 0.2) is 6.61 Å². The summed E-state index contributed by atoms with van der Waals surface area (Å²) in [5.74, 6) is -1.61. The maximum atomic E-state index is 12.6. The van der Waals surface area contributed by atoms with Gasteiger partial charge in [-0.2, -0.15) is 13.1 Å². The third kappa shape index (κ3) is 5.98. The summed E-state index contributed by atoms with van der Waals surface area (Å²) in [6.45, 7) is -2.67. The van der Waals surface area contributed by atoms with E-state index < -0.39 is 35.1 Å². The highest BCUT2D eigenvalue weighted by Gasteiger charge is 2.27. The molecule has 0 saturated carbocycles. The van der Waals surface area contributed by atoms with Crippen LogP contribution in [0.25, 0.3) is 0 Å². The number of rotatable bonds is 8. The predicted octanol–water partition coefficient (Wildman–Crippen LogP) is 2.87. The highest BCUT2D eigenvalue weighted by Crippen LogP contribution is 2.23. The van der Waals surface area contributed by atoms with Gasteiger partial charge >= 0.3 is 12.6 Å². The minimum atomic E-state index is -3.63. The van der Waals surface area contributed by atoms with Crippen LogP contribution in [0.2, 0.25) is 0 Å². The number of ether oxygens (including phenoxy) is 2. The van der Waals surface area contributed by atoms with Crippen LogP contribution in [0.5, 0.6) is 5.75 Å². The zero-order valence-corrected chi connectivity index (χ0v) is 17.1. The smallest absolute Gasteiger partial charge is 0.387 e. The zero-order chi connectivity index (χ0) is 22.4. The number of benzene rings is 2. The average molecular weight is 454 g/mol. The molecule has 1 N–H and O–H groups in total. The highest BCUT2D eigenvalue weighted by atomic mass is 32.2. The van der Waals surface area contributed by atoms with E-state index in [9.17, 15) is 26.8 Å². The number of sulfonamides is 1. The van der Waals surface area contributed by atoms with Gasteiger partial charge in [-0.15, -0.1) is 0 Å². The van der Waals surface area contributed by atoms with Crippen LogP contribution in [0.3, 0.4) is 0 Å². The van der Waals surface area contributed by atoms with E-state index in [0.29, 0.717) is 13.1 Å². The van der Waals surface area contributed by atoms with Crippen molar-refractivity contribution >= 4 is 27.6 Å². The lowest BCUT2D eigenvalue weighted by atomic mass is 10.2.